The standard InChI is InChI=1S/C26H25FN2O2/c1-18-10-15-23-22(16-18)26(20-11-13-21(27)14-12-20)29(17-24(30)28-23)25(31)9-5-8-19-6-3-2-4-7-19/h2-4,6-7,10-16,26H,5,8-9,17H2,1H3,(H,28,30)/t26-/m1/s1. The van der Waals surface area contributed by atoms with Crippen molar-refractivity contribution in [1.82, 2.24) is 4.90 Å². The number of rotatable bonds is 5. The summed E-state index contributed by atoms with van der Waals surface area (Å²) in [6.07, 6.45) is 1.82. The number of nitrogens with one attached hydrogen (secondary N) is 1. The maximum atomic E-state index is 13.6. The van der Waals surface area contributed by atoms with Gasteiger partial charge in [-0.05, 0) is 49.1 Å². The van der Waals surface area contributed by atoms with Crippen molar-refractivity contribution in [2.24, 2.45) is 0 Å². The molecule has 0 aromatic heterocycles. The first-order valence-corrected chi connectivity index (χ1v) is 10.5. The summed E-state index contributed by atoms with van der Waals surface area (Å²) in [5.41, 5.74) is 4.51. The van der Waals surface area contributed by atoms with Crippen molar-refractivity contribution in [3.05, 3.63) is 101 Å². The summed E-state index contributed by atoms with van der Waals surface area (Å²) in [7, 11) is 0. The van der Waals surface area contributed by atoms with Gasteiger partial charge in [-0.2, -0.15) is 0 Å². The molecule has 5 heteroatoms. The van der Waals surface area contributed by atoms with Crippen molar-refractivity contribution >= 4 is 17.5 Å². The van der Waals surface area contributed by atoms with Crippen molar-refractivity contribution in [2.75, 3.05) is 11.9 Å². The SMILES string of the molecule is Cc1ccc2c(c1)[C@@H](c1ccc(F)cc1)N(C(=O)CCCc1ccccc1)CC(=O)N2. The van der Waals surface area contributed by atoms with E-state index in [1.807, 2.05) is 55.5 Å². The normalized spacial score (nSPS) is 15.7. The third-order valence-corrected chi connectivity index (χ3v) is 5.61. The Labute approximate surface area is 181 Å². The maximum absolute atomic E-state index is 13.6. The van der Waals surface area contributed by atoms with E-state index in [-0.39, 0.29) is 24.2 Å². The van der Waals surface area contributed by atoms with E-state index in [0.29, 0.717) is 18.5 Å². The van der Waals surface area contributed by atoms with Crippen molar-refractivity contribution in [1.29, 1.82) is 0 Å². The van der Waals surface area contributed by atoms with Gasteiger partial charge in [-0.1, -0.05) is 60.2 Å². The second-order valence-electron chi connectivity index (χ2n) is 7.95. The lowest BCUT2D eigenvalue weighted by Crippen LogP contribution is -2.38. The molecule has 1 atom stereocenters. The van der Waals surface area contributed by atoms with Crippen molar-refractivity contribution in [3.63, 3.8) is 0 Å². The molecule has 0 saturated heterocycles. The lowest BCUT2D eigenvalue weighted by molar-refractivity contribution is -0.136. The number of halogens is 1. The van der Waals surface area contributed by atoms with Crippen molar-refractivity contribution in [2.45, 2.75) is 32.2 Å². The lowest BCUT2D eigenvalue weighted by Gasteiger charge is -2.31. The molecule has 2 amide bonds. The summed E-state index contributed by atoms with van der Waals surface area (Å²) in [6.45, 7) is 1.93. The third kappa shape index (κ3) is 4.82. The van der Waals surface area contributed by atoms with Crippen LogP contribution in [0.3, 0.4) is 0 Å². The summed E-state index contributed by atoms with van der Waals surface area (Å²) >= 11 is 0. The lowest BCUT2D eigenvalue weighted by atomic mass is 9.94. The van der Waals surface area contributed by atoms with Gasteiger partial charge in [0.05, 0.1) is 6.04 Å². The molecule has 0 radical (unpaired) electrons. The number of carbonyl (C=O) groups is 2. The van der Waals surface area contributed by atoms with E-state index in [4.69, 9.17) is 0 Å². The maximum Gasteiger partial charge on any atom is 0.244 e. The van der Waals surface area contributed by atoms with Gasteiger partial charge in [0.1, 0.15) is 12.4 Å². The van der Waals surface area contributed by atoms with Crippen LogP contribution < -0.4 is 5.32 Å². The summed E-state index contributed by atoms with van der Waals surface area (Å²) in [5.74, 6) is -0.655. The Morgan fingerprint density at radius 2 is 1.81 bits per heavy atom. The molecular formula is C26H25FN2O2. The minimum atomic E-state index is -0.460. The molecule has 1 aliphatic heterocycles. The first-order valence-electron chi connectivity index (χ1n) is 10.5. The Kier molecular flexibility index (Phi) is 6.12. The van der Waals surface area contributed by atoms with Gasteiger partial charge in [-0.15, -0.1) is 0 Å². The number of aryl methyl sites for hydroxylation is 2. The number of hydrogen-bond acceptors (Lipinski definition) is 2. The third-order valence-electron chi connectivity index (χ3n) is 5.61. The number of fused-ring (bicyclic) bond motifs is 1. The van der Waals surface area contributed by atoms with Gasteiger partial charge in [0, 0.05) is 17.7 Å². The van der Waals surface area contributed by atoms with Gasteiger partial charge in [-0.3, -0.25) is 9.59 Å². The summed E-state index contributed by atoms with van der Waals surface area (Å²) in [4.78, 5) is 27.5. The van der Waals surface area contributed by atoms with Gasteiger partial charge >= 0.3 is 0 Å². The molecular weight excluding hydrogens is 391 g/mol. The molecule has 4 rings (SSSR count). The number of hydrogen-bond donors (Lipinski definition) is 1. The Morgan fingerprint density at radius 3 is 2.55 bits per heavy atom. The molecule has 4 nitrogen and oxygen atoms in total. The molecule has 1 N–H and O–H groups in total. The zero-order chi connectivity index (χ0) is 21.8. The number of benzene rings is 3. The van der Waals surface area contributed by atoms with E-state index in [1.165, 1.54) is 17.7 Å². The van der Waals surface area contributed by atoms with Gasteiger partial charge < -0.3 is 10.2 Å². The highest BCUT2D eigenvalue weighted by Crippen LogP contribution is 2.36. The van der Waals surface area contributed by atoms with E-state index in [9.17, 15) is 14.0 Å². The summed E-state index contributed by atoms with van der Waals surface area (Å²) in [6, 6.07) is 21.5. The van der Waals surface area contributed by atoms with Crippen LogP contribution in [0.5, 0.6) is 0 Å². The molecule has 158 valence electrons. The second kappa shape index (κ2) is 9.13. The minimum absolute atomic E-state index is 0.0417. The van der Waals surface area contributed by atoms with Gasteiger partial charge in [0.25, 0.3) is 0 Å². The van der Waals surface area contributed by atoms with Gasteiger partial charge in [0.2, 0.25) is 11.8 Å². The van der Waals surface area contributed by atoms with E-state index in [0.717, 1.165) is 23.1 Å². The highest BCUT2D eigenvalue weighted by atomic mass is 19.1. The Balaban J connectivity index is 1.65. The fourth-order valence-electron chi connectivity index (χ4n) is 4.09. The minimum Gasteiger partial charge on any atom is -0.324 e. The number of anilines is 1. The van der Waals surface area contributed by atoms with Crippen molar-refractivity contribution < 1.29 is 14.0 Å². The largest absolute Gasteiger partial charge is 0.324 e. The second-order valence-corrected chi connectivity index (χ2v) is 7.95. The van der Waals surface area contributed by atoms with Crippen molar-refractivity contribution in [3.8, 4) is 0 Å². The quantitative estimate of drug-likeness (QED) is 0.634. The topological polar surface area (TPSA) is 49.4 Å². The average molecular weight is 416 g/mol. The first-order chi connectivity index (χ1) is 15.0. The Bertz CT molecular complexity index is 1080. The number of amides is 2. The van der Waals surface area contributed by atoms with Crippen LogP contribution in [0, 0.1) is 12.7 Å². The highest BCUT2D eigenvalue weighted by molar-refractivity contribution is 5.97. The summed E-state index contributed by atoms with van der Waals surface area (Å²) < 4.78 is 13.6. The summed E-state index contributed by atoms with van der Waals surface area (Å²) in [5, 5.41) is 2.92. The molecule has 31 heavy (non-hydrogen) atoms. The Hall–Kier alpha value is -3.47. The molecule has 3 aromatic carbocycles. The van der Waals surface area contributed by atoms with E-state index >= 15 is 0 Å². The monoisotopic (exact) mass is 416 g/mol. The van der Waals surface area contributed by atoms with Crippen LogP contribution in [-0.4, -0.2) is 23.3 Å². The Morgan fingerprint density at radius 1 is 1.06 bits per heavy atom. The van der Waals surface area contributed by atoms with Crippen LogP contribution in [-0.2, 0) is 16.0 Å². The molecule has 0 saturated carbocycles. The smallest absolute Gasteiger partial charge is 0.244 e. The molecule has 0 aliphatic carbocycles. The average Bonchev–Trinajstić information content (AvgIpc) is 2.91. The molecule has 0 bridgehead atoms. The van der Waals surface area contributed by atoms with Gasteiger partial charge in [-0.25, -0.2) is 4.39 Å². The fraction of sp³-hybridized carbons (Fsp3) is 0.231. The van der Waals surface area contributed by atoms with E-state index in [2.05, 4.69) is 5.32 Å². The van der Waals surface area contributed by atoms with E-state index in [1.54, 1.807) is 17.0 Å². The molecule has 0 fully saturated rings. The zero-order valence-electron chi connectivity index (χ0n) is 17.5. The predicted molar refractivity (Wildman–Crippen MR) is 119 cm³/mol. The van der Waals surface area contributed by atoms with Gasteiger partial charge in [0.15, 0.2) is 0 Å². The zero-order valence-corrected chi connectivity index (χ0v) is 17.5. The van der Waals surface area contributed by atoms with Crippen LogP contribution in [0.2, 0.25) is 0 Å². The number of nitrogens with zero attached hydrogens (tertiary/aromatic N) is 1. The van der Waals surface area contributed by atoms with Crippen LogP contribution in [0.25, 0.3) is 0 Å². The van der Waals surface area contributed by atoms with Crippen LogP contribution in [0.15, 0.2) is 72.8 Å². The number of carbonyl (C=O) groups excluding carboxylic acids is 2. The molecule has 0 unspecified atom stereocenters. The van der Waals surface area contributed by atoms with E-state index < -0.39 is 6.04 Å². The first kappa shape index (κ1) is 20.8. The predicted octanol–water partition coefficient (Wildman–Crippen LogP) is 5.03. The van der Waals surface area contributed by atoms with Crippen LogP contribution in [0.1, 0.15) is 41.1 Å². The molecule has 0 spiro atoms. The molecule has 3 aromatic rings. The van der Waals surface area contributed by atoms with Crippen LogP contribution >= 0.6 is 0 Å². The molecule has 1 aliphatic rings. The molecule has 1 heterocycles. The van der Waals surface area contributed by atoms with Crippen LogP contribution in [0.4, 0.5) is 10.1 Å². The highest BCUT2D eigenvalue weighted by Gasteiger charge is 2.33. The fourth-order valence-corrected chi connectivity index (χ4v) is 4.09.